The molecule has 1 aliphatic carbocycles. The lowest BCUT2D eigenvalue weighted by Gasteiger charge is -2.12. The third kappa shape index (κ3) is 4.31. The number of hydrogen-bond acceptors (Lipinski definition) is 1. The van der Waals surface area contributed by atoms with E-state index in [2.05, 4.69) is 11.4 Å². The minimum absolute atomic E-state index is 0.153. The highest BCUT2D eigenvalue weighted by molar-refractivity contribution is 5.16. The summed E-state index contributed by atoms with van der Waals surface area (Å²) < 4.78 is 12.9. The fraction of sp³-hybridized carbons (Fsp3) is 0.467. The monoisotopic (exact) mass is 233 g/mol. The van der Waals surface area contributed by atoms with Crippen LogP contribution in [0.1, 0.15) is 37.7 Å². The Hall–Kier alpha value is -1.15. The molecule has 92 valence electrons. The topological polar surface area (TPSA) is 12.0 Å². The summed E-state index contributed by atoms with van der Waals surface area (Å²) in [5, 5.41) is 3.37. The third-order valence-corrected chi connectivity index (χ3v) is 3.23. The molecule has 0 unspecified atom stereocenters. The largest absolute Gasteiger partial charge is 0.312 e. The lowest BCUT2D eigenvalue weighted by molar-refractivity contribution is 0.614. The van der Waals surface area contributed by atoms with E-state index >= 15 is 0 Å². The normalized spacial score (nSPS) is 15.7. The van der Waals surface area contributed by atoms with Gasteiger partial charge in [0.15, 0.2) is 0 Å². The molecule has 0 aromatic heterocycles. The van der Waals surface area contributed by atoms with Crippen LogP contribution in [-0.2, 0) is 6.54 Å². The van der Waals surface area contributed by atoms with E-state index in [1.165, 1.54) is 31.7 Å². The van der Waals surface area contributed by atoms with Crippen molar-refractivity contribution < 1.29 is 4.39 Å². The van der Waals surface area contributed by atoms with Gasteiger partial charge in [-0.1, -0.05) is 23.8 Å². The minimum Gasteiger partial charge on any atom is -0.312 e. The van der Waals surface area contributed by atoms with Gasteiger partial charge in [0, 0.05) is 6.54 Å². The number of halogens is 1. The summed E-state index contributed by atoms with van der Waals surface area (Å²) in [5.41, 5.74) is 2.60. The Kier molecular flexibility index (Phi) is 4.75. The Morgan fingerprint density at radius 2 is 2.18 bits per heavy atom. The van der Waals surface area contributed by atoms with Gasteiger partial charge >= 0.3 is 0 Å². The summed E-state index contributed by atoms with van der Waals surface area (Å²) in [4.78, 5) is 0. The number of rotatable bonds is 5. The average molecular weight is 233 g/mol. The van der Waals surface area contributed by atoms with Gasteiger partial charge in [-0.25, -0.2) is 4.39 Å². The van der Waals surface area contributed by atoms with Crippen LogP contribution in [-0.4, -0.2) is 6.54 Å². The summed E-state index contributed by atoms with van der Waals surface area (Å²) in [5.74, 6) is -0.153. The van der Waals surface area contributed by atoms with Gasteiger partial charge in [-0.3, -0.25) is 0 Å². The molecule has 1 N–H and O–H groups in total. The maximum absolute atomic E-state index is 12.9. The maximum Gasteiger partial charge on any atom is 0.123 e. The highest BCUT2D eigenvalue weighted by Gasteiger charge is 2.02. The SMILES string of the molecule is Fc1cccc(CNCCC2=CCCCC2)c1. The maximum atomic E-state index is 12.9. The number of nitrogens with one attached hydrogen (secondary N) is 1. The summed E-state index contributed by atoms with van der Waals surface area (Å²) in [6, 6.07) is 6.79. The van der Waals surface area contributed by atoms with Gasteiger partial charge < -0.3 is 5.32 Å². The zero-order valence-corrected chi connectivity index (χ0v) is 10.2. The molecule has 0 fully saturated rings. The predicted octanol–water partition coefficient (Wildman–Crippen LogP) is 3.81. The quantitative estimate of drug-likeness (QED) is 0.602. The molecule has 17 heavy (non-hydrogen) atoms. The lowest BCUT2D eigenvalue weighted by Crippen LogP contribution is -2.15. The predicted molar refractivity (Wildman–Crippen MR) is 69.3 cm³/mol. The summed E-state index contributed by atoms with van der Waals surface area (Å²) in [7, 11) is 0. The van der Waals surface area contributed by atoms with Crippen molar-refractivity contribution >= 4 is 0 Å². The van der Waals surface area contributed by atoms with Crippen LogP contribution in [0.2, 0.25) is 0 Å². The number of allylic oxidation sites excluding steroid dienone is 1. The van der Waals surface area contributed by atoms with E-state index in [4.69, 9.17) is 0 Å². The molecule has 0 saturated carbocycles. The standard InChI is InChI=1S/C15H20FN/c16-15-8-4-7-14(11-15)12-17-10-9-13-5-2-1-3-6-13/h4-5,7-8,11,17H,1-3,6,9-10,12H2. The molecule has 0 radical (unpaired) electrons. The second kappa shape index (κ2) is 6.55. The van der Waals surface area contributed by atoms with Crippen LogP contribution in [0.4, 0.5) is 4.39 Å². The van der Waals surface area contributed by atoms with E-state index < -0.39 is 0 Å². The summed E-state index contributed by atoms with van der Waals surface area (Å²) in [6.45, 7) is 1.74. The number of hydrogen-bond donors (Lipinski definition) is 1. The highest BCUT2D eigenvalue weighted by Crippen LogP contribution is 2.19. The first-order valence-electron chi connectivity index (χ1n) is 6.48. The smallest absolute Gasteiger partial charge is 0.123 e. The van der Waals surface area contributed by atoms with E-state index in [1.807, 2.05) is 6.07 Å². The molecular weight excluding hydrogens is 213 g/mol. The fourth-order valence-electron chi connectivity index (χ4n) is 2.26. The van der Waals surface area contributed by atoms with Crippen LogP contribution < -0.4 is 5.32 Å². The molecule has 2 heteroatoms. The first-order chi connectivity index (χ1) is 8.34. The van der Waals surface area contributed by atoms with Crippen LogP contribution in [0.15, 0.2) is 35.9 Å². The van der Waals surface area contributed by atoms with Crippen LogP contribution >= 0.6 is 0 Å². The molecule has 0 saturated heterocycles. The van der Waals surface area contributed by atoms with E-state index in [0.29, 0.717) is 0 Å². The van der Waals surface area contributed by atoms with Gasteiger partial charge in [0.25, 0.3) is 0 Å². The highest BCUT2D eigenvalue weighted by atomic mass is 19.1. The van der Waals surface area contributed by atoms with E-state index in [0.717, 1.165) is 25.1 Å². The van der Waals surface area contributed by atoms with Crippen molar-refractivity contribution in [3.8, 4) is 0 Å². The molecule has 0 amide bonds. The zero-order chi connectivity index (χ0) is 11.9. The Bertz CT molecular complexity index is 384. The molecular formula is C15H20FN. The second-order valence-corrected chi connectivity index (χ2v) is 4.66. The van der Waals surface area contributed by atoms with Gasteiger partial charge in [0.05, 0.1) is 0 Å². The first kappa shape index (κ1) is 12.3. The average Bonchev–Trinajstić information content (AvgIpc) is 2.36. The Morgan fingerprint density at radius 3 is 2.94 bits per heavy atom. The first-order valence-corrected chi connectivity index (χ1v) is 6.48. The molecule has 1 nitrogen and oxygen atoms in total. The number of benzene rings is 1. The molecule has 0 aliphatic heterocycles. The van der Waals surface area contributed by atoms with Crippen molar-refractivity contribution in [2.75, 3.05) is 6.54 Å². The van der Waals surface area contributed by atoms with E-state index in [1.54, 1.807) is 17.7 Å². The second-order valence-electron chi connectivity index (χ2n) is 4.66. The van der Waals surface area contributed by atoms with Crippen molar-refractivity contribution in [1.82, 2.24) is 5.32 Å². The minimum atomic E-state index is -0.153. The van der Waals surface area contributed by atoms with Gasteiger partial charge in [-0.15, -0.1) is 0 Å². The molecule has 0 heterocycles. The van der Waals surface area contributed by atoms with Crippen LogP contribution in [0.5, 0.6) is 0 Å². The van der Waals surface area contributed by atoms with E-state index in [-0.39, 0.29) is 5.82 Å². The molecule has 0 spiro atoms. The van der Waals surface area contributed by atoms with Crippen molar-refractivity contribution in [3.05, 3.63) is 47.3 Å². The van der Waals surface area contributed by atoms with Gasteiger partial charge in [-0.05, 0) is 56.3 Å². The lowest BCUT2D eigenvalue weighted by atomic mass is 9.97. The molecule has 0 bridgehead atoms. The molecule has 1 aliphatic rings. The van der Waals surface area contributed by atoms with Gasteiger partial charge in [0.1, 0.15) is 5.82 Å². The van der Waals surface area contributed by atoms with Crippen molar-refractivity contribution in [2.24, 2.45) is 0 Å². The fourth-order valence-corrected chi connectivity index (χ4v) is 2.26. The van der Waals surface area contributed by atoms with Crippen molar-refractivity contribution in [1.29, 1.82) is 0 Å². The van der Waals surface area contributed by atoms with Crippen LogP contribution in [0, 0.1) is 5.82 Å². The third-order valence-electron chi connectivity index (χ3n) is 3.23. The van der Waals surface area contributed by atoms with Gasteiger partial charge in [-0.2, -0.15) is 0 Å². The summed E-state index contributed by atoms with van der Waals surface area (Å²) >= 11 is 0. The Labute approximate surface area is 103 Å². The molecule has 1 aromatic carbocycles. The Morgan fingerprint density at radius 1 is 1.24 bits per heavy atom. The molecule has 1 aromatic rings. The van der Waals surface area contributed by atoms with Crippen molar-refractivity contribution in [3.63, 3.8) is 0 Å². The summed E-state index contributed by atoms with van der Waals surface area (Å²) in [6.07, 6.45) is 8.72. The van der Waals surface area contributed by atoms with Crippen LogP contribution in [0.25, 0.3) is 0 Å². The van der Waals surface area contributed by atoms with E-state index in [9.17, 15) is 4.39 Å². The zero-order valence-electron chi connectivity index (χ0n) is 10.2. The van der Waals surface area contributed by atoms with Gasteiger partial charge in [0.2, 0.25) is 0 Å². The Balaban J connectivity index is 1.67. The molecule has 2 rings (SSSR count). The van der Waals surface area contributed by atoms with Crippen LogP contribution in [0.3, 0.4) is 0 Å². The molecule has 0 atom stereocenters. The van der Waals surface area contributed by atoms with Crippen molar-refractivity contribution in [2.45, 2.75) is 38.6 Å².